The molecule has 0 bridgehead atoms. The molecule has 0 aliphatic heterocycles. The summed E-state index contributed by atoms with van der Waals surface area (Å²) < 4.78 is 16.2. The number of rotatable bonds is 9. The predicted octanol–water partition coefficient (Wildman–Crippen LogP) is 3.18. The Bertz CT molecular complexity index is 441. The zero-order valence-corrected chi connectivity index (χ0v) is 13.6. The van der Waals surface area contributed by atoms with E-state index in [1.165, 1.54) is 0 Å². The number of ether oxygens (including phenoxy) is 2. The summed E-state index contributed by atoms with van der Waals surface area (Å²) in [4.78, 5) is 16.3. The van der Waals surface area contributed by atoms with Crippen LogP contribution < -0.4 is 0 Å². The van der Waals surface area contributed by atoms with Crippen LogP contribution in [0.5, 0.6) is 0 Å². The van der Waals surface area contributed by atoms with E-state index in [4.69, 9.17) is 14.0 Å². The van der Waals surface area contributed by atoms with E-state index < -0.39 is 11.5 Å². The first-order chi connectivity index (χ1) is 10.1. The predicted molar refractivity (Wildman–Crippen MR) is 77.8 cm³/mol. The molecule has 120 valence electrons. The fraction of sp³-hybridized carbons (Fsp3) is 0.800. The molecule has 6 heteroatoms. The molecule has 0 aliphatic carbocycles. The molecule has 1 rings (SSSR count). The van der Waals surface area contributed by atoms with Crippen LogP contribution in [0.4, 0.5) is 0 Å². The lowest BCUT2D eigenvalue weighted by Gasteiger charge is -2.27. The number of nitrogens with zero attached hydrogens (tertiary/aromatic N) is 2. The largest absolute Gasteiger partial charge is 0.465 e. The van der Waals surface area contributed by atoms with E-state index in [0.717, 1.165) is 12.8 Å². The number of carbonyl (C=O) groups excluding carboxylic acids is 1. The first-order valence-electron chi connectivity index (χ1n) is 7.73. The van der Waals surface area contributed by atoms with Gasteiger partial charge in [0.25, 0.3) is 0 Å². The second kappa shape index (κ2) is 8.12. The van der Waals surface area contributed by atoms with Gasteiger partial charge in [-0.05, 0) is 33.1 Å². The molecule has 0 saturated carbocycles. The summed E-state index contributed by atoms with van der Waals surface area (Å²) in [5.74, 6) is -0.0338. The fourth-order valence-corrected chi connectivity index (χ4v) is 2.36. The molecule has 0 spiro atoms. The maximum absolute atomic E-state index is 11.9. The molecule has 1 aromatic rings. The highest BCUT2D eigenvalue weighted by atomic mass is 16.5. The van der Waals surface area contributed by atoms with Gasteiger partial charge in [0.05, 0.1) is 6.61 Å². The smallest absolute Gasteiger partial charge is 0.318 e. The summed E-state index contributed by atoms with van der Waals surface area (Å²) >= 11 is 0. The molecule has 1 aromatic heterocycles. The Hall–Kier alpha value is -1.43. The van der Waals surface area contributed by atoms with Crippen LogP contribution in [0.15, 0.2) is 4.52 Å². The van der Waals surface area contributed by atoms with Crippen LogP contribution in [0.25, 0.3) is 0 Å². The Morgan fingerprint density at radius 1 is 1.19 bits per heavy atom. The molecule has 1 atom stereocenters. The van der Waals surface area contributed by atoms with E-state index in [1.807, 2.05) is 27.7 Å². The van der Waals surface area contributed by atoms with Crippen molar-refractivity contribution in [1.82, 2.24) is 10.1 Å². The molecule has 0 N–H and O–H groups in total. The van der Waals surface area contributed by atoms with Crippen molar-refractivity contribution in [2.24, 2.45) is 0 Å². The van der Waals surface area contributed by atoms with E-state index in [2.05, 4.69) is 10.1 Å². The van der Waals surface area contributed by atoms with Crippen LogP contribution in [0, 0.1) is 0 Å². The number of esters is 1. The molecule has 0 aromatic carbocycles. The monoisotopic (exact) mass is 298 g/mol. The van der Waals surface area contributed by atoms with Crippen LogP contribution in [-0.2, 0) is 19.9 Å². The Labute approximate surface area is 126 Å². The average molecular weight is 298 g/mol. The van der Waals surface area contributed by atoms with Crippen molar-refractivity contribution in [1.29, 1.82) is 0 Å². The van der Waals surface area contributed by atoms with E-state index in [0.29, 0.717) is 31.3 Å². The van der Waals surface area contributed by atoms with Crippen molar-refractivity contribution in [3.8, 4) is 0 Å². The highest BCUT2D eigenvalue weighted by Gasteiger charge is 2.36. The summed E-state index contributed by atoms with van der Waals surface area (Å²) in [5, 5.41) is 4.04. The zero-order valence-electron chi connectivity index (χ0n) is 13.6. The van der Waals surface area contributed by atoms with E-state index >= 15 is 0 Å². The molecule has 0 radical (unpaired) electrons. The topological polar surface area (TPSA) is 74.5 Å². The quantitative estimate of drug-likeness (QED) is 0.652. The van der Waals surface area contributed by atoms with Crippen LogP contribution in [-0.4, -0.2) is 29.3 Å². The summed E-state index contributed by atoms with van der Waals surface area (Å²) in [6.45, 7) is 10.6. The summed E-state index contributed by atoms with van der Waals surface area (Å²) in [6.07, 6.45) is 2.04. The second-order valence-electron chi connectivity index (χ2n) is 4.80. The van der Waals surface area contributed by atoms with Gasteiger partial charge in [-0.1, -0.05) is 25.9 Å². The lowest BCUT2D eigenvalue weighted by atomic mass is 9.96. The van der Waals surface area contributed by atoms with Crippen molar-refractivity contribution >= 4 is 5.97 Å². The minimum absolute atomic E-state index is 0.303. The van der Waals surface area contributed by atoms with Gasteiger partial charge in [-0.2, -0.15) is 4.98 Å². The first-order valence-corrected chi connectivity index (χ1v) is 7.73. The van der Waals surface area contributed by atoms with Crippen LogP contribution in [0.2, 0.25) is 0 Å². The number of hydrogen-bond donors (Lipinski definition) is 0. The summed E-state index contributed by atoms with van der Waals surface area (Å²) in [6, 6.07) is 0. The van der Waals surface area contributed by atoms with Gasteiger partial charge < -0.3 is 14.0 Å². The van der Waals surface area contributed by atoms with Gasteiger partial charge in [0.15, 0.2) is 0 Å². The Morgan fingerprint density at radius 3 is 2.33 bits per heavy atom. The number of aromatic nitrogens is 2. The standard InChI is InChI=1S/C15H26N2O4/c1-6-11(13(18)19-9-4)12-16-14(17-21-12)15(7-2,8-3)20-10-5/h11H,6-10H2,1-5H3. The molecule has 0 amide bonds. The lowest BCUT2D eigenvalue weighted by Crippen LogP contribution is -2.30. The van der Waals surface area contributed by atoms with Crippen LogP contribution >= 0.6 is 0 Å². The third-order valence-corrected chi connectivity index (χ3v) is 3.69. The van der Waals surface area contributed by atoms with Gasteiger partial charge in [0.1, 0.15) is 11.5 Å². The van der Waals surface area contributed by atoms with Gasteiger partial charge in [0.2, 0.25) is 11.7 Å². The normalized spacial score (nSPS) is 13.2. The molecule has 0 saturated heterocycles. The van der Waals surface area contributed by atoms with Crippen molar-refractivity contribution in [2.75, 3.05) is 13.2 Å². The number of hydrogen-bond acceptors (Lipinski definition) is 6. The summed E-state index contributed by atoms with van der Waals surface area (Å²) in [7, 11) is 0. The van der Waals surface area contributed by atoms with Crippen LogP contribution in [0.3, 0.4) is 0 Å². The highest BCUT2D eigenvalue weighted by Crippen LogP contribution is 2.32. The lowest BCUT2D eigenvalue weighted by molar-refractivity contribution is -0.145. The highest BCUT2D eigenvalue weighted by molar-refractivity contribution is 5.76. The molecule has 6 nitrogen and oxygen atoms in total. The molecular weight excluding hydrogens is 272 g/mol. The third-order valence-electron chi connectivity index (χ3n) is 3.69. The van der Waals surface area contributed by atoms with Crippen molar-refractivity contribution in [3.63, 3.8) is 0 Å². The Kier molecular flexibility index (Phi) is 6.81. The molecule has 1 unspecified atom stereocenters. The summed E-state index contributed by atoms with van der Waals surface area (Å²) in [5.41, 5.74) is -0.552. The van der Waals surface area contributed by atoms with Crippen molar-refractivity contribution in [3.05, 3.63) is 11.7 Å². The van der Waals surface area contributed by atoms with Crippen molar-refractivity contribution < 1.29 is 18.8 Å². The maximum atomic E-state index is 11.9. The van der Waals surface area contributed by atoms with Crippen LogP contribution in [0.1, 0.15) is 71.5 Å². The first kappa shape index (κ1) is 17.6. The molecule has 0 fully saturated rings. The van der Waals surface area contributed by atoms with E-state index in [1.54, 1.807) is 6.92 Å². The van der Waals surface area contributed by atoms with E-state index in [9.17, 15) is 4.79 Å². The molecule has 21 heavy (non-hydrogen) atoms. The van der Waals surface area contributed by atoms with Gasteiger partial charge in [-0.25, -0.2) is 0 Å². The average Bonchev–Trinajstić information content (AvgIpc) is 2.96. The fourth-order valence-electron chi connectivity index (χ4n) is 2.36. The van der Waals surface area contributed by atoms with Gasteiger partial charge in [-0.15, -0.1) is 0 Å². The SMILES string of the molecule is CCOC(=O)C(CC)c1nc(C(CC)(CC)OCC)no1. The van der Waals surface area contributed by atoms with E-state index in [-0.39, 0.29) is 5.97 Å². The van der Waals surface area contributed by atoms with Crippen molar-refractivity contribution in [2.45, 2.75) is 65.4 Å². The molecule has 1 heterocycles. The third kappa shape index (κ3) is 3.81. The zero-order chi connectivity index (χ0) is 15.9. The van der Waals surface area contributed by atoms with Gasteiger partial charge in [0, 0.05) is 6.61 Å². The Morgan fingerprint density at radius 2 is 1.86 bits per heavy atom. The maximum Gasteiger partial charge on any atom is 0.318 e. The Balaban J connectivity index is 3.04. The second-order valence-corrected chi connectivity index (χ2v) is 4.80. The van der Waals surface area contributed by atoms with Gasteiger partial charge in [-0.3, -0.25) is 4.79 Å². The minimum Gasteiger partial charge on any atom is -0.465 e. The van der Waals surface area contributed by atoms with Gasteiger partial charge >= 0.3 is 5.97 Å². The molecular formula is C15H26N2O4. The number of carbonyl (C=O) groups is 1. The molecule has 0 aliphatic rings. The minimum atomic E-state index is -0.552.